The number of nitrogens with zero attached hydrogens (tertiary/aromatic N) is 2. The van der Waals surface area contributed by atoms with Gasteiger partial charge in [-0.05, 0) is 43.4 Å². The third kappa shape index (κ3) is 2.76. The van der Waals surface area contributed by atoms with Crippen molar-refractivity contribution in [2.24, 2.45) is 5.92 Å². The van der Waals surface area contributed by atoms with Gasteiger partial charge in [-0.25, -0.2) is 0 Å². The molecule has 0 aromatic heterocycles. The summed E-state index contributed by atoms with van der Waals surface area (Å²) >= 11 is 0. The zero-order valence-electron chi connectivity index (χ0n) is 11.1. The van der Waals surface area contributed by atoms with Crippen LogP contribution in [0.2, 0.25) is 0 Å². The van der Waals surface area contributed by atoms with E-state index in [4.69, 9.17) is 10.00 Å². The van der Waals surface area contributed by atoms with Crippen molar-refractivity contribution in [3.8, 4) is 11.8 Å². The number of nitriles is 1. The molecule has 1 saturated heterocycles. The molecule has 1 aromatic carbocycles. The zero-order valence-corrected chi connectivity index (χ0v) is 11.1. The molecule has 0 N–H and O–H groups in total. The number of hydrogen-bond donors (Lipinski definition) is 0. The first-order valence-corrected chi connectivity index (χ1v) is 6.51. The third-order valence-corrected chi connectivity index (χ3v) is 3.57. The average molecular weight is 244 g/mol. The maximum absolute atomic E-state index is 8.83. The standard InChI is InChI=1S/C15H20N2O/c1-12-5-6-15(18-2)14(10-12)17-9-3-4-13(11-17)7-8-16/h5-6,10,13H,3-4,7,9,11H2,1-2H3. The Balaban J connectivity index is 2.20. The summed E-state index contributed by atoms with van der Waals surface area (Å²) < 4.78 is 5.44. The van der Waals surface area contributed by atoms with Crippen molar-refractivity contribution >= 4 is 5.69 Å². The Hall–Kier alpha value is -1.69. The molecule has 3 heteroatoms. The van der Waals surface area contributed by atoms with E-state index in [9.17, 15) is 0 Å². The largest absolute Gasteiger partial charge is 0.495 e. The number of methoxy groups -OCH3 is 1. The Morgan fingerprint density at radius 2 is 2.33 bits per heavy atom. The lowest BCUT2D eigenvalue weighted by atomic mass is 9.95. The Labute approximate surface area is 109 Å². The Kier molecular flexibility index (Phi) is 4.09. The van der Waals surface area contributed by atoms with Crippen molar-refractivity contribution in [2.75, 3.05) is 25.1 Å². The van der Waals surface area contributed by atoms with Gasteiger partial charge in [0.2, 0.25) is 0 Å². The fourth-order valence-electron chi connectivity index (χ4n) is 2.63. The smallest absolute Gasteiger partial charge is 0.142 e. The molecule has 0 bridgehead atoms. The van der Waals surface area contributed by atoms with Gasteiger partial charge in [-0.15, -0.1) is 0 Å². The molecule has 0 radical (unpaired) electrons. The Morgan fingerprint density at radius 1 is 1.50 bits per heavy atom. The van der Waals surface area contributed by atoms with Crippen LogP contribution in [0.25, 0.3) is 0 Å². The molecule has 0 amide bonds. The monoisotopic (exact) mass is 244 g/mol. The highest BCUT2D eigenvalue weighted by atomic mass is 16.5. The molecule has 3 nitrogen and oxygen atoms in total. The van der Waals surface area contributed by atoms with Crippen molar-refractivity contribution in [3.05, 3.63) is 23.8 Å². The van der Waals surface area contributed by atoms with Crippen LogP contribution >= 0.6 is 0 Å². The number of rotatable bonds is 3. The summed E-state index contributed by atoms with van der Waals surface area (Å²) in [6.45, 7) is 4.12. The van der Waals surface area contributed by atoms with Crippen LogP contribution in [-0.2, 0) is 0 Å². The number of benzene rings is 1. The van der Waals surface area contributed by atoms with Gasteiger partial charge in [0.15, 0.2) is 0 Å². The minimum absolute atomic E-state index is 0.494. The summed E-state index contributed by atoms with van der Waals surface area (Å²) in [4.78, 5) is 2.36. The Bertz CT molecular complexity index is 450. The van der Waals surface area contributed by atoms with Crippen LogP contribution in [0.3, 0.4) is 0 Å². The highest BCUT2D eigenvalue weighted by molar-refractivity contribution is 5.60. The highest BCUT2D eigenvalue weighted by Crippen LogP contribution is 2.33. The second kappa shape index (κ2) is 5.77. The highest BCUT2D eigenvalue weighted by Gasteiger charge is 2.22. The number of ether oxygens (including phenoxy) is 1. The van der Waals surface area contributed by atoms with Crippen molar-refractivity contribution in [2.45, 2.75) is 26.2 Å². The van der Waals surface area contributed by atoms with E-state index < -0.39 is 0 Å². The Morgan fingerprint density at radius 3 is 3.06 bits per heavy atom. The maximum Gasteiger partial charge on any atom is 0.142 e. The lowest BCUT2D eigenvalue weighted by Crippen LogP contribution is -2.35. The van der Waals surface area contributed by atoms with Gasteiger partial charge in [-0.3, -0.25) is 0 Å². The molecule has 96 valence electrons. The molecule has 0 aliphatic carbocycles. The van der Waals surface area contributed by atoms with E-state index >= 15 is 0 Å². The molecule has 0 spiro atoms. The zero-order chi connectivity index (χ0) is 13.0. The van der Waals surface area contributed by atoms with Gasteiger partial charge in [0, 0.05) is 19.5 Å². The van der Waals surface area contributed by atoms with Crippen LogP contribution in [0.5, 0.6) is 5.75 Å². The van der Waals surface area contributed by atoms with Crippen molar-refractivity contribution < 1.29 is 4.74 Å². The quantitative estimate of drug-likeness (QED) is 0.819. The van der Waals surface area contributed by atoms with Gasteiger partial charge in [0.05, 0.1) is 18.9 Å². The van der Waals surface area contributed by atoms with Crippen LogP contribution in [0.15, 0.2) is 18.2 Å². The van der Waals surface area contributed by atoms with E-state index in [0.717, 1.165) is 31.7 Å². The predicted molar refractivity (Wildman–Crippen MR) is 72.9 cm³/mol. The first-order valence-electron chi connectivity index (χ1n) is 6.51. The van der Waals surface area contributed by atoms with Crippen LogP contribution in [0.4, 0.5) is 5.69 Å². The summed E-state index contributed by atoms with van der Waals surface area (Å²) in [6, 6.07) is 8.56. The molecule has 1 aliphatic heterocycles. The maximum atomic E-state index is 8.83. The van der Waals surface area contributed by atoms with Crippen LogP contribution in [0.1, 0.15) is 24.8 Å². The number of hydrogen-bond acceptors (Lipinski definition) is 3. The average Bonchev–Trinajstić information content (AvgIpc) is 2.39. The fourth-order valence-corrected chi connectivity index (χ4v) is 2.63. The molecule has 1 aromatic rings. The van der Waals surface area contributed by atoms with Gasteiger partial charge >= 0.3 is 0 Å². The van der Waals surface area contributed by atoms with E-state index in [0.29, 0.717) is 12.3 Å². The third-order valence-electron chi connectivity index (χ3n) is 3.57. The summed E-state index contributed by atoms with van der Waals surface area (Å²) in [5.41, 5.74) is 2.41. The number of piperidine rings is 1. The van der Waals surface area contributed by atoms with Gasteiger partial charge < -0.3 is 9.64 Å². The fraction of sp³-hybridized carbons (Fsp3) is 0.533. The minimum atomic E-state index is 0.494. The predicted octanol–water partition coefficient (Wildman–Crippen LogP) is 3.13. The number of anilines is 1. The molecule has 18 heavy (non-hydrogen) atoms. The summed E-state index contributed by atoms with van der Waals surface area (Å²) in [5, 5.41) is 8.83. The first-order chi connectivity index (χ1) is 8.74. The van der Waals surface area contributed by atoms with Gasteiger partial charge in [-0.1, -0.05) is 6.07 Å². The van der Waals surface area contributed by atoms with Crippen molar-refractivity contribution in [1.82, 2.24) is 0 Å². The summed E-state index contributed by atoms with van der Waals surface area (Å²) in [7, 11) is 1.71. The second-order valence-electron chi connectivity index (χ2n) is 4.99. The van der Waals surface area contributed by atoms with E-state index in [2.05, 4.69) is 30.0 Å². The molecule has 1 atom stereocenters. The topological polar surface area (TPSA) is 36.3 Å². The minimum Gasteiger partial charge on any atom is -0.495 e. The van der Waals surface area contributed by atoms with Crippen LogP contribution in [-0.4, -0.2) is 20.2 Å². The van der Waals surface area contributed by atoms with E-state index in [1.165, 1.54) is 11.3 Å². The molecule has 1 heterocycles. The van der Waals surface area contributed by atoms with Crippen LogP contribution in [0, 0.1) is 24.2 Å². The SMILES string of the molecule is COc1ccc(C)cc1N1CCCC(CC#N)C1. The summed E-state index contributed by atoms with van der Waals surface area (Å²) in [6.07, 6.45) is 2.98. The van der Waals surface area contributed by atoms with Crippen molar-refractivity contribution in [3.63, 3.8) is 0 Å². The molecule has 0 saturated carbocycles. The number of aryl methyl sites for hydroxylation is 1. The first kappa shape index (κ1) is 12.8. The van der Waals surface area contributed by atoms with E-state index in [1.54, 1.807) is 7.11 Å². The van der Waals surface area contributed by atoms with Crippen molar-refractivity contribution in [1.29, 1.82) is 5.26 Å². The second-order valence-corrected chi connectivity index (χ2v) is 4.99. The lowest BCUT2D eigenvalue weighted by Gasteiger charge is -2.34. The normalized spacial score (nSPS) is 19.4. The molecule has 1 unspecified atom stereocenters. The van der Waals surface area contributed by atoms with Crippen LogP contribution < -0.4 is 9.64 Å². The van der Waals surface area contributed by atoms with E-state index in [-0.39, 0.29) is 0 Å². The molecule has 2 rings (SSSR count). The molecule has 1 aliphatic rings. The summed E-state index contributed by atoms with van der Waals surface area (Å²) in [5.74, 6) is 1.42. The lowest BCUT2D eigenvalue weighted by molar-refractivity contribution is 0.398. The molecular formula is C15H20N2O. The molecular weight excluding hydrogens is 224 g/mol. The molecule has 1 fully saturated rings. The van der Waals surface area contributed by atoms with E-state index in [1.807, 2.05) is 6.07 Å². The van der Waals surface area contributed by atoms with Gasteiger partial charge in [0.25, 0.3) is 0 Å². The van der Waals surface area contributed by atoms with Gasteiger partial charge in [0.1, 0.15) is 5.75 Å². The van der Waals surface area contributed by atoms with Gasteiger partial charge in [-0.2, -0.15) is 5.26 Å².